The van der Waals surface area contributed by atoms with E-state index >= 15 is 0 Å². The summed E-state index contributed by atoms with van der Waals surface area (Å²) < 4.78 is 0. The molecule has 3 heteroatoms. The quantitative estimate of drug-likeness (QED) is 0.458. The number of hydrogen-bond acceptors (Lipinski definition) is 2. The van der Waals surface area contributed by atoms with Gasteiger partial charge in [0.25, 0.3) is 0 Å². The van der Waals surface area contributed by atoms with Crippen LogP contribution in [0, 0.1) is 5.50 Å². The first-order valence-electron chi connectivity index (χ1n) is 1.50. The summed E-state index contributed by atoms with van der Waals surface area (Å²) in [6.45, 7) is 0. The zero-order chi connectivity index (χ0) is 4.41. The average molecular weight is 105 g/mol. The van der Waals surface area contributed by atoms with E-state index in [0.29, 0.717) is 5.50 Å². The SMILES string of the molecule is Cl[C]1C=CON1. The van der Waals surface area contributed by atoms with Crippen LogP contribution in [-0.2, 0) is 4.84 Å². The maximum Gasteiger partial charge on any atom is 0.187 e. The minimum atomic E-state index is 0.523. The third kappa shape index (κ3) is 0.640. The van der Waals surface area contributed by atoms with Crippen LogP contribution in [0.1, 0.15) is 0 Å². The van der Waals surface area contributed by atoms with Gasteiger partial charge in [0, 0.05) is 0 Å². The van der Waals surface area contributed by atoms with Gasteiger partial charge in [0.2, 0.25) is 0 Å². The van der Waals surface area contributed by atoms with Crippen LogP contribution in [0.2, 0.25) is 0 Å². The standard InChI is InChI=1S/C3H3ClNO/c4-3-1-2-6-5-3/h1-2,5H. The fraction of sp³-hybridized carbons (Fsp3) is 0. The molecular weight excluding hydrogens is 101 g/mol. The summed E-state index contributed by atoms with van der Waals surface area (Å²) in [5.74, 6) is 0. The molecule has 0 aromatic rings. The zero-order valence-corrected chi connectivity index (χ0v) is 3.70. The van der Waals surface area contributed by atoms with E-state index < -0.39 is 0 Å². The van der Waals surface area contributed by atoms with Gasteiger partial charge >= 0.3 is 0 Å². The van der Waals surface area contributed by atoms with Crippen molar-refractivity contribution in [3.05, 3.63) is 17.8 Å². The monoisotopic (exact) mass is 104 g/mol. The lowest BCUT2D eigenvalue weighted by molar-refractivity contribution is 0.179. The molecule has 0 bridgehead atoms. The Morgan fingerprint density at radius 2 is 2.67 bits per heavy atom. The molecule has 6 heavy (non-hydrogen) atoms. The molecule has 0 saturated heterocycles. The molecule has 0 fully saturated rings. The lowest BCUT2D eigenvalue weighted by Gasteiger charge is -1.90. The molecular formula is C3H3ClNO. The second-order valence-electron chi connectivity index (χ2n) is 0.871. The summed E-state index contributed by atoms with van der Waals surface area (Å²) in [4.78, 5) is 4.46. The van der Waals surface area contributed by atoms with Gasteiger partial charge in [-0.15, -0.1) is 5.48 Å². The maximum atomic E-state index is 5.31. The number of halogens is 1. The Labute approximate surface area is 40.7 Å². The Morgan fingerprint density at radius 3 is 2.83 bits per heavy atom. The summed E-state index contributed by atoms with van der Waals surface area (Å²) in [6.07, 6.45) is 3.10. The number of hydrogen-bond donors (Lipinski definition) is 1. The topological polar surface area (TPSA) is 21.3 Å². The van der Waals surface area contributed by atoms with Crippen LogP contribution in [0.25, 0.3) is 0 Å². The fourth-order valence-corrected chi connectivity index (χ4v) is 0.314. The molecule has 0 atom stereocenters. The molecule has 1 N–H and O–H groups in total. The first-order valence-corrected chi connectivity index (χ1v) is 1.88. The van der Waals surface area contributed by atoms with Gasteiger partial charge in [-0.25, -0.2) is 0 Å². The van der Waals surface area contributed by atoms with Crippen LogP contribution in [0.3, 0.4) is 0 Å². The highest BCUT2D eigenvalue weighted by Crippen LogP contribution is 2.07. The van der Waals surface area contributed by atoms with E-state index in [1.807, 2.05) is 0 Å². The predicted octanol–water partition coefficient (Wildman–Crippen LogP) is 0.763. The predicted molar refractivity (Wildman–Crippen MR) is 22.5 cm³/mol. The highest BCUT2D eigenvalue weighted by Gasteiger charge is 2.02. The molecule has 1 radical (unpaired) electrons. The van der Waals surface area contributed by atoms with Crippen molar-refractivity contribution in [3.8, 4) is 0 Å². The van der Waals surface area contributed by atoms with E-state index in [0.717, 1.165) is 0 Å². The molecule has 0 amide bonds. The second-order valence-corrected chi connectivity index (χ2v) is 1.28. The van der Waals surface area contributed by atoms with Crippen molar-refractivity contribution >= 4 is 11.6 Å². The third-order valence-corrected chi connectivity index (χ3v) is 0.642. The van der Waals surface area contributed by atoms with Crippen LogP contribution in [0.5, 0.6) is 0 Å². The van der Waals surface area contributed by atoms with E-state index in [1.165, 1.54) is 6.26 Å². The molecule has 0 aliphatic carbocycles. The Morgan fingerprint density at radius 1 is 1.83 bits per heavy atom. The van der Waals surface area contributed by atoms with Crippen molar-refractivity contribution in [2.75, 3.05) is 0 Å². The first kappa shape index (κ1) is 3.96. The van der Waals surface area contributed by atoms with Crippen LogP contribution >= 0.6 is 11.6 Å². The molecule has 1 rings (SSSR count). The van der Waals surface area contributed by atoms with E-state index in [9.17, 15) is 0 Å². The van der Waals surface area contributed by atoms with Gasteiger partial charge < -0.3 is 4.84 Å². The number of nitrogens with one attached hydrogen (secondary N) is 1. The fourth-order valence-electron chi connectivity index (χ4n) is 0.218. The smallest absolute Gasteiger partial charge is 0.187 e. The lowest BCUT2D eigenvalue weighted by Crippen LogP contribution is -2.04. The summed E-state index contributed by atoms with van der Waals surface area (Å²) >= 11 is 5.31. The van der Waals surface area contributed by atoms with Crippen LogP contribution in [0.4, 0.5) is 0 Å². The summed E-state index contributed by atoms with van der Waals surface area (Å²) in [5.41, 5.74) is 2.91. The Kier molecular flexibility index (Phi) is 0.986. The summed E-state index contributed by atoms with van der Waals surface area (Å²) in [5, 5.41) is 0. The average Bonchev–Trinajstić information content (AvgIpc) is 1.86. The minimum Gasteiger partial charge on any atom is -0.415 e. The van der Waals surface area contributed by atoms with Crippen molar-refractivity contribution in [3.63, 3.8) is 0 Å². The third-order valence-electron chi connectivity index (χ3n) is 0.439. The molecule has 33 valence electrons. The van der Waals surface area contributed by atoms with Gasteiger partial charge in [0.05, 0.1) is 0 Å². The lowest BCUT2D eigenvalue weighted by atomic mass is 10.7. The number of hydroxylamine groups is 1. The van der Waals surface area contributed by atoms with Crippen LogP contribution < -0.4 is 5.48 Å². The minimum absolute atomic E-state index is 0.523. The van der Waals surface area contributed by atoms with Crippen LogP contribution in [0.15, 0.2) is 12.3 Å². The van der Waals surface area contributed by atoms with Crippen molar-refractivity contribution in [2.45, 2.75) is 0 Å². The van der Waals surface area contributed by atoms with E-state index in [-0.39, 0.29) is 0 Å². The van der Waals surface area contributed by atoms with Gasteiger partial charge in [0.15, 0.2) is 5.50 Å². The van der Waals surface area contributed by atoms with Gasteiger partial charge in [-0.1, -0.05) is 11.6 Å². The van der Waals surface area contributed by atoms with Gasteiger partial charge in [0.1, 0.15) is 6.26 Å². The van der Waals surface area contributed by atoms with E-state index in [4.69, 9.17) is 11.6 Å². The highest BCUT2D eigenvalue weighted by molar-refractivity contribution is 6.27. The Balaban J connectivity index is 2.38. The van der Waals surface area contributed by atoms with Crippen LogP contribution in [-0.4, -0.2) is 0 Å². The van der Waals surface area contributed by atoms with Gasteiger partial charge in [-0.05, 0) is 6.08 Å². The van der Waals surface area contributed by atoms with Gasteiger partial charge in [-0.2, -0.15) is 0 Å². The Hall–Kier alpha value is -0.210. The second kappa shape index (κ2) is 1.49. The molecule has 0 aromatic carbocycles. The maximum absolute atomic E-state index is 5.31. The first-order chi connectivity index (χ1) is 2.89. The summed E-state index contributed by atoms with van der Waals surface area (Å²) in [6, 6.07) is 0. The molecule has 1 aliphatic heterocycles. The van der Waals surface area contributed by atoms with Crippen molar-refractivity contribution in [1.29, 1.82) is 0 Å². The molecule has 0 spiro atoms. The molecule has 0 unspecified atom stereocenters. The van der Waals surface area contributed by atoms with E-state index in [1.54, 1.807) is 6.08 Å². The molecule has 1 aliphatic rings. The number of rotatable bonds is 0. The normalized spacial score (nSPS) is 21.5. The van der Waals surface area contributed by atoms with Crippen molar-refractivity contribution < 1.29 is 4.84 Å². The zero-order valence-electron chi connectivity index (χ0n) is 2.94. The molecule has 1 heterocycles. The largest absolute Gasteiger partial charge is 0.415 e. The Bertz CT molecular complexity index is 73.2. The molecule has 2 nitrogen and oxygen atoms in total. The van der Waals surface area contributed by atoms with Gasteiger partial charge in [-0.3, -0.25) is 0 Å². The summed E-state index contributed by atoms with van der Waals surface area (Å²) in [7, 11) is 0. The van der Waals surface area contributed by atoms with Crippen molar-refractivity contribution in [2.24, 2.45) is 0 Å². The van der Waals surface area contributed by atoms with Crippen molar-refractivity contribution in [1.82, 2.24) is 5.48 Å². The van der Waals surface area contributed by atoms with E-state index in [2.05, 4.69) is 10.3 Å². The molecule has 0 aromatic heterocycles. The molecule has 0 saturated carbocycles. The highest BCUT2D eigenvalue weighted by atomic mass is 35.5.